The largest absolute Gasteiger partial charge is 0.478 e. The second-order valence-electron chi connectivity index (χ2n) is 4.52. The van der Waals surface area contributed by atoms with Crippen LogP contribution in [0.2, 0.25) is 0 Å². The molecule has 0 bridgehead atoms. The van der Waals surface area contributed by atoms with E-state index in [1.54, 1.807) is 12.1 Å². The molecule has 1 amide bonds. The van der Waals surface area contributed by atoms with Gasteiger partial charge in [0.05, 0.1) is 5.56 Å². The second kappa shape index (κ2) is 6.16. The van der Waals surface area contributed by atoms with Crippen molar-refractivity contribution in [2.75, 3.05) is 20.6 Å². The Labute approximate surface area is 106 Å². The van der Waals surface area contributed by atoms with Gasteiger partial charge in [-0.3, -0.25) is 4.79 Å². The maximum atomic E-state index is 11.9. The van der Waals surface area contributed by atoms with E-state index in [-0.39, 0.29) is 17.5 Å². The van der Waals surface area contributed by atoms with E-state index in [9.17, 15) is 9.59 Å². The standard InChI is InChI=1S/C13H18N2O3/c1-9(8-15(2)3)14-12(16)10-5-4-6-11(7-10)13(17)18/h4-7,9H,8H2,1-3H3,(H,14,16)(H,17,18). The maximum Gasteiger partial charge on any atom is 0.335 e. The fourth-order valence-corrected chi connectivity index (χ4v) is 1.69. The highest BCUT2D eigenvalue weighted by atomic mass is 16.4. The summed E-state index contributed by atoms with van der Waals surface area (Å²) in [5.41, 5.74) is 0.475. The molecule has 98 valence electrons. The van der Waals surface area contributed by atoms with Gasteiger partial charge in [0.2, 0.25) is 0 Å². The third-order valence-corrected chi connectivity index (χ3v) is 2.39. The summed E-state index contributed by atoms with van der Waals surface area (Å²) >= 11 is 0. The Morgan fingerprint density at radius 3 is 2.50 bits per heavy atom. The summed E-state index contributed by atoms with van der Waals surface area (Å²) in [6.07, 6.45) is 0. The van der Waals surface area contributed by atoms with Gasteiger partial charge in [-0.05, 0) is 39.2 Å². The molecule has 0 aliphatic carbocycles. The number of carboxylic acids is 1. The number of likely N-dealkylation sites (N-methyl/N-ethyl adjacent to an activating group) is 1. The molecule has 0 aliphatic heterocycles. The summed E-state index contributed by atoms with van der Waals surface area (Å²) in [7, 11) is 3.85. The monoisotopic (exact) mass is 250 g/mol. The number of carboxylic acid groups (broad SMARTS) is 1. The molecule has 1 rings (SSSR count). The first-order valence-electron chi connectivity index (χ1n) is 5.69. The Morgan fingerprint density at radius 2 is 1.94 bits per heavy atom. The second-order valence-corrected chi connectivity index (χ2v) is 4.52. The van der Waals surface area contributed by atoms with Crippen LogP contribution in [0.3, 0.4) is 0 Å². The van der Waals surface area contributed by atoms with Crippen molar-refractivity contribution in [2.45, 2.75) is 13.0 Å². The fourth-order valence-electron chi connectivity index (χ4n) is 1.69. The van der Waals surface area contributed by atoms with Crippen LogP contribution in [0.4, 0.5) is 0 Å². The Morgan fingerprint density at radius 1 is 1.33 bits per heavy atom. The van der Waals surface area contributed by atoms with E-state index in [0.29, 0.717) is 5.56 Å². The first kappa shape index (κ1) is 14.2. The predicted molar refractivity (Wildman–Crippen MR) is 68.9 cm³/mol. The average molecular weight is 250 g/mol. The van der Waals surface area contributed by atoms with Crippen LogP contribution in [-0.4, -0.2) is 48.6 Å². The minimum atomic E-state index is -1.04. The molecule has 2 N–H and O–H groups in total. The average Bonchev–Trinajstić information content (AvgIpc) is 2.27. The lowest BCUT2D eigenvalue weighted by Gasteiger charge is -2.18. The molecule has 1 aromatic rings. The van der Waals surface area contributed by atoms with Gasteiger partial charge < -0.3 is 15.3 Å². The van der Waals surface area contributed by atoms with E-state index in [4.69, 9.17) is 5.11 Å². The van der Waals surface area contributed by atoms with E-state index >= 15 is 0 Å². The highest BCUT2D eigenvalue weighted by Crippen LogP contribution is 2.05. The molecule has 0 heterocycles. The van der Waals surface area contributed by atoms with E-state index in [1.165, 1.54) is 12.1 Å². The molecule has 0 aliphatic rings. The third-order valence-electron chi connectivity index (χ3n) is 2.39. The zero-order valence-corrected chi connectivity index (χ0v) is 10.8. The summed E-state index contributed by atoms with van der Waals surface area (Å²) in [6, 6.07) is 6.00. The van der Waals surface area contributed by atoms with E-state index in [0.717, 1.165) is 6.54 Å². The van der Waals surface area contributed by atoms with Gasteiger partial charge in [0.25, 0.3) is 5.91 Å². The third kappa shape index (κ3) is 4.18. The molecule has 1 aromatic carbocycles. The summed E-state index contributed by atoms with van der Waals surface area (Å²) in [4.78, 5) is 24.7. The zero-order valence-electron chi connectivity index (χ0n) is 10.8. The molecule has 0 spiro atoms. The van der Waals surface area contributed by atoms with Gasteiger partial charge in [-0.1, -0.05) is 6.07 Å². The van der Waals surface area contributed by atoms with Crippen LogP contribution in [0, 0.1) is 0 Å². The normalized spacial score (nSPS) is 12.2. The number of nitrogens with zero attached hydrogens (tertiary/aromatic N) is 1. The number of rotatable bonds is 5. The predicted octanol–water partition coefficient (Wildman–Crippen LogP) is 1.06. The quantitative estimate of drug-likeness (QED) is 0.820. The van der Waals surface area contributed by atoms with Crippen molar-refractivity contribution in [3.63, 3.8) is 0 Å². The minimum Gasteiger partial charge on any atom is -0.478 e. The Hall–Kier alpha value is -1.88. The Balaban J connectivity index is 2.72. The number of benzene rings is 1. The molecule has 18 heavy (non-hydrogen) atoms. The molecule has 0 saturated heterocycles. The van der Waals surface area contributed by atoms with Crippen molar-refractivity contribution in [2.24, 2.45) is 0 Å². The maximum absolute atomic E-state index is 11.9. The van der Waals surface area contributed by atoms with Crippen molar-refractivity contribution in [1.29, 1.82) is 0 Å². The highest BCUT2D eigenvalue weighted by Gasteiger charge is 2.12. The van der Waals surface area contributed by atoms with Gasteiger partial charge in [-0.25, -0.2) is 4.79 Å². The van der Waals surface area contributed by atoms with Crippen molar-refractivity contribution < 1.29 is 14.7 Å². The molecule has 1 unspecified atom stereocenters. The number of nitrogens with one attached hydrogen (secondary N) is 1. The van der Waals surface area contributed by atoms with E-state index in [1.807, 2.05) is 25.9 Å². The smallest absolute Gasteiger partial charge is 0.335 e. The number of hydrogen-bond acceptors (Lipinski definition) is 3. The molecule has 1 atom stereocenters. The lowest BCUT2D eigenvalue weighted by Crippen LogP contribution is -2.39. The lowest BCUT2D eigenvalue weighted by molar-refractivity contribution is 0.0697. The van der Waals surface area contributed by atoms with E-state index in [2.05, 4.69) is 5.32 Å². The highest BCUT2D eigenvalue weighted by molar-refractivity contribution is 5.97. The SMILES string of the molecule is CC(CN(C)C)NC(=O)c1cccc(C(=O)O)c1. The van der Waals surface area contributed by atoms with Crippen LogP contribution in [0.15, 0.2) is 24.3 Å². The van der Waals surface area contributed by atoms with Gasteiger partial charge in [-0.15, -0.1) is 0 Å². The minimum absolute atomic E-state index is 0.000911. The van der Waals surface area contributed by atoms with Crippen molar-refractivity contribution in [1.82, 2.24) is 10.2 Å². The summed E-state index contributed by atoms with van der Waals surface area (Å²) in [5, 5.41) is 11.7. The molecule has 0 aromatic heterocycles. The van der Waals surface area contributed by atoms with Crippen LogP contribution in [0.5, 0.6) is 0 Å². The summed E-state index contributed by atoms with van der Waals surface area (Å²) < 4.78 is 0. The number of amides is 1. The van der Waals surface area contributed by atoms with Crippen LogP contribution in [-0.2, 0) is 0 Å². The summed E-state index contributed by atoms with van der Waals surface area (Å²) in [6.45, 7) is 2.63. The van der Waals surface area contributed by atoms with Gasteiger partial charge in [0.1, 0.15) is 0 Å². The van der Waals surface area contributed by atoms with E-state index < -0.39 is 5.97 Å². The number of carbonyl (C=O) groups excluding carboxylic acids is 1. The molecular formula is C13H18N2O3. The van der Waals surface area contributed by atoms with Crippen LogP contribution in [0.1, 0.15) is 27.6 Å². The molecule has 0 saturated carbocycles. The van der Waals surface area contributed by atoms with Gasteiger partial charge >= 0.3 is 5.97 Å². The van der Waals surface area contributed by atoms with Crippen LogP contribution >= 0.6 is 0 Å². The Bertz CT molecular complexity index is 444. The molecule has 0 fully saturated rings. The molecule has 0 radical (unpaired) electrons. The Kier molecular flexibility index (Phi) is 4.85. The molecular weight excluding hydrogens is 232 g/mol. The van der Waals surface area contributed by atoms with Crippen molar-refractivity contribution >= 4 is 11.9 Å². The first-order chi connectivity index (χ1) is 8.40. The molecule has 5 heteroatoms. The van der Waals surface area contributed by atoms with Crippen molar-refractivity contribution in [3.8, 4) is 0 Å². The zero-order chi connectivity index (χ0) is 13.7. The van der Waals surface area contributed by atoms with Gasteiger partial charge in [0, 0.05) is 18.2 Å². The number of aromatic carboxylic acids is 1. The van der Waals surface area contributed by atoms with Crippen molar-refractivity contribution in [3.05, 3.63) is 35.4 Å². The van der Waals surface area contributed by atoms with Crippen LogP contribution in [0.25, 0.3) is 0 Å². The lowest BCUT2D eigenvalue weighted by atomic mass is 10.1. The van der Waals surface area contributed by atoms with Gasteiger partial charge in [0.15, 0.2) is 0 Å². The van der Waals surface area contributed by atoms with Gasteiger partial charge in [-0.2, -0.15) is 0 Å². The number of hydrogen-bond donors (Lipinski definition) is 2. The number of carbonyl (C=O) groups is 2. The molecule has 5 nitrogen and oxygen atoms in total. The topological polar surface area (TPSA) is 69.6 Å². The first-order valence-corrected chi connectivity index (χ1v) is 5.69. The van der Waals surface area contributed by atoms with Crippen LogP contribution < -0.4 is 5.32 Å². The fraction of sp³-hybridized carbons (Fsp3) is 0.385. The summed E-state index contributed by atoms with van der Waals surface area (Å²) in [5.74, 6) is -1.29.